The average molecular weight is 269 g/mol. The maximum absolute atomic E-state index is 11.7. The summed E-state index contributed by atoms with van der Waals surface area (Å²) in [6, 6.07) is 0. The number of likely N-dealkylation sites (tertiary alicyclic amines) is 1. The van der Waals surface area contributed by atoms with Crippen molar-refractivity contribution in [3.8, 4) is 0 Å². The van der Waals surface area contributed by atoms with Crippen molar-refractivity contribution in [2.45, 2.75) is 19.3 Å². The molecule has 4 nitrogen and oxygen atoms in total. The van der Waals surface area contributed by atoms with Gasteiger partial charge in [-0.15, -0.1) is 11.6 Å². The summed E-state index contributed by atoms with van der Waals surface area (Å²) in [6.45, 7) is 3.65. The first-order valence-corrected chi connectivity index (χ1v) is 7.93. The topological polar surface area (TPSA) is 40.6 Å². The van der Waals surface area contributed by atoms with E-state index in [4.69, 9.17) is 11.6 Å². The van der Waals surface area contributed by atoms with Gasteiger partial charge in [0.2, 0.25) is 10.0 Å². The second-order valence-electron chi connectivity index (χ2n) is 4.23. The molecule has 1 heterocycles. The van der Waals surface area contributed by atoms with Gasteiger partial charge >= 0.3 is 0 Å². The van der Waals surface area contributed by atoms with Gasteiger partial charge in [0.05, 0.1) is 5.75 Å². The zero-order valence-corrected chi connectivity index (χ0v) is 11.4. The van der Waals surface area contributed by atoms with Gasteiger partial charge in [-0.3, -0.25) is 0 Å². The van der Waals surface area contributed by atoms with Crippen LogP contribution in [0.15, 0.2) is 0 Å². The summed E-state index contributed by atoms with van der Waals surface area (Å²) >= 11 is 5.50. The average Bonchev–Trinajstić information content (AvgIpc) is 2.75. The van der Waals surface area contributed by atoms with Crippen LogP contribution in [0, 0.1) is 0 Å². The van der Waals surface area contributed by atoms with E-state index in [1.807, 2.05) is 0 Å². The third-order valence-electron chi connectivity index (χ3n) is 2.94. The number of halogens is 1. The van der Waals surface area contributed by atoms with E-state index in [0.29, 0.717) is 18.8 Å². The molecule has 0 atom stereocenters. The minimum Gasteiger partial charge on any atom is -0.302 e. The largest absolute Gasteiger partial charge is 0.302 e. The highest BCUT2D eigenvalue weighted by atomic mass is 35.5. The number of likely N-dealkylation sites (N-methyl/N-ethyl adjacent to an activating group) is 1. The van der Waals surface area contributed by atoms with E-state index >= 15 is 0 Å². The lowest BCUT2D eigenvalue weighted by molar-refractivity contribution is 0.310. The van der Waals surface area contributed by atoms with Gasteiger partial charge in [-0.1, -0.05) is 0 Å². The smallest absolute Gasteiger partial charge is 0.213 e. The van der Waals surface area contributed by atoms with Gasteiger partial charge in [0.25, 0.3) is 0 Å². The molecule has 96 valence electrons. The van der Waals surface area contributed by atoms with Gasteiger partial charge in [-0.2, -0.15) is 0 Å². The van der Waals surface area contributed by atoms with Crippen molar-refractivity contribution < 1.29 is 8.42 Å². The Morgan fingerprint density at radius 2 is 1.94 bits per heavy atom. The molecule has 0 aromatic carbocycles. The molecule has 0 spiro atoms. The zero-order chi connectivity index (χ0) is 12.0. The Kier molecular flexibility index (Phi) is 6.03. The van der Waals surface area contributed by atoms with E-state index in [1.54, 1.807) is 7.05 Å². The summed E-state index contributed by atoms with van der Waals surface area (Å²) in [5.41, 5.74) is 0. The highest BCUT2D eigenvalue weighted by Gasteiger charge is 2.19. The van der Waals surface area contributed by atoms with Gasteiger partial charge in [-0.25, -0.2) is 12.7 Å². The highest BCUT2D eigenvalue weighted by molar-refractivity contribution is 7.89. The Morgan fingerprint density at radius 3 is 2.50 bits per heavy atom. The van der Waals surface area contributed by atoms with Crippen LogP contribution in [-0.2, 0) is 10.0 Å². The Morgan fingerprint density at radius 1 is 1.31 bits per heavy atom. The minimum atomic E-state index is -3.09. The first-order valence-electron chi connectivity index (χ1n) is 5.78. The predicted octanol–water partition coefficient (Wildman–Crippen LogP) is 0.973. The van der Waals surface area contributed by atoms with Crippen molar-refractivity contribution in [1.29, 1.82) is 0 Å². The maximum atomic E-state index is 11.7. The van der Waals surface area contributed by atoms with E-state index in [9.17, 15) is 8.42 Å². The van der Waals surface area contributed by atoms with Crippen molar-refractivity contribution in [2.75, 3.05) is 44.9 Å². The zero-order valence-electron chi connectivity index (χ0n) is 9.86. The SMILES string of the molecule is CN(CCN1CCCC1)S(=O)(=O)CCCCl. The summed E-state index contributed by atoms with van der Waals surface area (Å²) in [7, 11) is -1.44. The van der Waals surface area contributed by atoms with Crippen LogP contribution in [0.3, 0.4) is 0 Å². The molecule has 0 aliphatic carbocycles. The molecule has 0 aromatic heterocycles. The summed E-state index contributed by atoms with van der Waals surface area (Å²) < 4.78 is 24.9. The molecule has 16 heavy (non-hydrogen) atoms. The van der Waals surface area contributed by atoms with Crippen molar-refractivity contribution >= 4 is 21.6 Å². The second-order valence-corrected chi connectivity index (χ2v) is 6.80. The molecule has 0 amide bonds. The minimum absolute atomic E-state index is 0.160. The van der Waals surface area contributed by atoms with Crippen LogP contribution in [0.2, 0.25) is 0 Å². The fourth-order valence-corrected chi connectivity index (χ4v) is 3.29. The third-order valence-corrected chi connectivity index (χ3v) is 5.14. The quantitative estimate of drug-likeness (QED) is 0.646. The van der Waals surface area contributed by atoms with Crippen molar-refractivity contribution in [3.05, 3.63) is 0 Å². The number of hydrogen-bond donors (Lipinski definition) is 0. The lowest BCUT2D eigenvalue weighted by Crippen LogP contribution is -2.36. The molecule has 1 saturated heterocycles. The number of alkyl halides is 1. The van der Waals surface area contributed by atoms with Crippen LogP contribution >= 0.6 is 11.6 Å². The number of hydrogen-bond acceptors (Lipinski definition) is 3. The molecule has 0 radical (unpaired) electrons. The number of nitrogens with zero attached hydrogens (tertiary/aromatic N) is 2. The van der Waals surface area contributed by atoms with Crippen LogP contribution in [0.4, 0.5) is 0 Å². The van der Waals surface area contributed by atoms with Crippen LogP contribution in [0.25, 0.3) is 0 Å². The normalized spacial score (nSPS) is 18.4. The standard InChI is InChI=1S/C10H21ClN2O2S/c1-12(16(14,15)10-4-5-11)8-9-13-6-2-3-7-13/h2-10H2,1H3. The molecule has 1 rings (SSSR count). The number of sulfonamides is 1. The summed E-state index contributed by atoms with van der Waals surface area (Å²) in [6.07, 6.45) is 3.00. The van der Waals surface area contributed by atoms with Crippen molar-refractivity contribution in [3.63, 3.8) is 0 Å². The molecule has 1 fully saturated rings. The van der Waals surface area contributed by atoms with E-state index in [-0.39, 0.29) is 5.75 Å². The summed E-state index contributed by atoms with van der Waals surface area (Å²) in [4.78, 5) is 2.31. The molecular formula is C10H21ClN2O2S. The van der Waals surface area contributed by atoms with E-state index in [1.165, 1.54) is 17.1 Å². The fraction of sp³-hybridized carbons (Fsp3) is 1.00. The van der Waals surface area contributed by atoms with Crippen LogP contribution in [0.5, 0.6) is 0 Å². The van der Waals surface area contributed by atoms with Crippen molar-refractivity contribution in [1.82, 2.24) is 9.21 Å². The Hall–Kier alpha value is 0.160. The molecule has 1 aliphatic heterocycles. The van der Waals surface area contributed by atoms with Gasteiger partial charge in [0.1, 0.15) is 0 Å². The third kappa shape index (κ3) is 4.57. The molecule has 1 aliphatic rings. The monoisotopic (exact) mass is 268 g/mol. The Balaban J connectivity index is 2.29. The molecular weight excluding hydrogens is 248 g/mol. The second kappa shape index (κ2) is 6.79. The molecule has 0 unspecified atom stereocenters. The molecule has 0 bridgehead atoms. The predicted molar refractivity (Wildman–Crippen MR) is 67.4 cm³/mol. The highest BCUT2D eigenvalue weighted by Crippen LogP contribution is 2.08. The fourth-order valence-electron chi connectivity index (χ4n) is 1.82. The van der Waals surface area contributed by atoms with Gasteiger partial charge in [0, 0.05) is 26.0 Å². The molecule has 0 N–H and O–H groups in total. The Bertz CT molecular complexity index is 289. The lowest BCUT2D eigenvalue weighted by atomic mass is 10.4. The van der Waals surface area contributed by atoms with Crippen molar-refractivity contribution in [2.24, 2.45) is 0 Å². The first-order chi connectivity index (χ1) is 7.56. The van der Waals surface area contributed by atoms with E-state index < -0.39 is 10.0 Å². The first kappa shape index (κ1) is 14.2. The summed E-state index contributed by atoms with van der Waals surface area (Å²) in [5, 5.41) is 0. The van der Waals surface area contributed by atoms with E-state index in [2.05, 4.69) is 4.90 Å². The molecule has 0 aromatic rings. The maximum Gasteiger partial charge on any atom is 0.213 e. The van der Waals surface area contributed by atoms with Gasteiger partial charge < -0.3 is 4.90 Å². The molecule has 6 heteroatoms. The lowest BCUT2D eigenvalue weighted by Gasteiger charge is -2.21. The van der Waals surface area contributed by atoms with Crippen LogP contribution in [-0.4, -0.2) is 62.5 Å². The van der Waals surface area contributed by atoms with Gasteiger partial charge in [-0.05, 0) is 32.4 Å². The van der Waals surface area contributed by atoms with E-state index in [0.717, 1.165) is 19.6 Å². The molecule has 0 saturated carbocycles. The van der Waals surface area contributed by atoms with Crippen LogP contribution < -0.4 is 0 Å². The van der Waals surface area contributed by atoms with Crippen LogP contribution in [0.1, 0.15) is 19.3 Å². The number of rotatable bonds is 7. The summed E-state index contributed by atoms with van der Waals surface area (Å²) in [5.74, 6) is 0.562. The Labute approximate surface area is 104 Å². The van der Waals surface area contributed by atoms with Gasteiger partial charge in [0.15, 0.2) is 0 Å².